The van der Waals surface area contributed by atoms with Gasteiger partial charge in [-0.1, -0.05) is 24.3 Å². The zero-order valence-electron chi connectivity index (χ0n) is 9.33. The molecule has 1 rings (SSSR count). The molecule has 90 valence electrons. The number of carbonyl (C=O) groups excluding carboxylic acids is 1. The standard InChI is InChI=1S/C12H13NO4/c1-17-12(16)11(15)10(14)9-5-3-2-4-8(9)6-7-13/h2-5,10-11,14-15H,6H2,1H3. The van der Waals surface area contributed by atoms with Crippen LogP contribution in [0.1, 0.15) is 17.2 Å². The van der Waals surface area contributed by atoms with Gasteiger partial charge in [-0.2, -0.15) is 5.26 Å². The van der Waals surface area contributed by atoms with Gasteiger partial charge in [-0.05, 0) is 11.1 Å². The summed E-state index contributed by atoms with van der Waals surface area (Å²) >= 11 is 0. The zero-order chi connectivity index (χ0) is 12.8. The number of hydrogen-bond acceptors (Lipinski definition) is 5. The van der Waals surface area contributed by atoms with Crippen LogP contribution in [0.5, 0.6) is 0 Å². The summed E-state index contributed by atoms with van der Waals surface area (Å²) in [6.07, 6.45) is -2.95. The first-order chi connectivity index (χ1) is 8.11. The van der Waals surface area contributed by atoms with Crippen LogP contribution >= 0.6 is 0 Å². The number of nitrogens with zero attached hydrogens (tertiary/aromatic N) is 1. The Bertz CT molecular complexity index is 438. The van der Waals surface area contributed by atoms with E-state index in [2.05, 4.69) is 4.74 Å². The van der Waals surface area contributed by atoms with Gasteiger partial charge in [0, 0.05) is 0 Å². The number of aliphatic hydroxyl groups is 2. The first-order valence-electron chi connectivity index (χ1n) is 5.00. The summed E-state index contributed by atoms with van der Waals surface area (Å²) in [4.78, 5) is 11.1. The van der Waals surface area contributed by atoms with Crippen LogP contribution in [0.25, 0.3) is 0 Å². The van der Waals surface area contributed by atoms with E-state index < -0.39 is 18.2 Å². The molecule has 2 N–H and O–H groups in total. The molecule has 0 fully saturated rings. The molecule has 0 aliphatic carbocycles. The van der Waals surface area contributed by atoms with E-state index in [4.69, 9.17) is 5.26 Å². The number of methoxy groups -OCH3 is 1. The monoisotopic (exact) mass is 235 g/mol. The maximum absolute atomic E-state index is 11.1. The minimum Gasteiger partial charge on any atom is -0.467 e. The second kappa shape index (κ2) is 5.99. The molecule has 2 atom stereocenters. The van der Waals surface area contributed by atoms with Crippen LogP contribution in [0.15, 0.2) is 24.3 Å². The third-order valence-electron chi connectivity index (χ3n) is 2.38. The summed E-state index contributed by atoms with van der Waals surface area (Å²) in [6.45, 7) is 0. The third-order valence-corrected chi connectivity index (χ3v) is 2.38. The highest BCUT2D eigenvalue weighted by Gasteiger charge is 2.27. The van der Waals surface area contributed by atoms with Crippen molar-refractivity contribution in [2.24, 2.45) is 0 Å². The summed E-state index contributed by atoms with van der Waals surface area (Å²) in [6, 6.07) is 8.54. The Kier molecular flexibility index (Phi) is 4.64. The number of ether oxygens (including phenoxy) is 1. The molecule has 0 amide bonds. The van der Waals surface area contributed by atoms with E-state index in [0.29, 0.717) is 11.1 Å². The highest BCUT2D eigenvalue weighted by molar-refractivity contribution is 5.75. The maximum Gasteiger partial charge on any atom is 0.337 e. The molecule has 1 aromatic carbocycles. The van der Waals surface area contributed by atoms with E-state index in [1.54, 1.807) is 24.3 Å². The van der Waals surface area contributed by atoms with Gasteiger partial charge in [0.05, 0.1) is 19.6 Å². The molecule has 0 saturated carbocycles. The predicted octanol–water partition coefficient (Wildman–Crippen LogP) is 0.320. The number of nitriles is 1. The number of benzene rings is 1. The quantitative estimate of drug-likeness (QED) is 0.733. The molecule has 0 spiro atoms. The Morgan fingerprint density at radius 2 is 2.12 bits per heavy atom. The van der Waals surface area contributed by atoms with Crippen molar-refractivity contribution >= 4 is 5.97 Å². The Labute approximate surface area is 98.9 Å². The molecule has 0 aromatic heterocycles. The van der Waals surface area contributed by atoms with Gasteiger partial charge >= 0.3 is 5.97 Å². The van der Waals surface area contributed by atoms with Gasteiger partial charge in [-0.25, -0.2) is 4.79 Å². The first kappa shape index (κ1) is 13.2. The Hall–Kier alpha value is -1.90. The smallest absolute Gasteiger partial charge is 0.337 e. The van der Waals surface area contributed by atoms with Crippen LogP contribution in [0.2, 0.25) is 0 Å². The number of hydrogen-bond donors (Lipinski definition) is 2. The average Bonchev–Trinajstić information content (AvgIpc) is 2.37. The lowest BCUT2D eigenvalue weighted by Crippen LogP contribution is -2.29. The number of carbonyl (C=O) groups is 1. The normalized spacial score (nSPS) is 13.5. The number of aliphatic hydroxyl groups excluding tert-OH is 2. The van der Waals surface area contributed by atoms with Gasteiger partial charge in [-0.15, -0.1) is 0 Å². The van der Waals surface area contributed by atoms with Crippen molar-refractivity contribution in [3.05, 3.63) is 35.4 Å². The summed E-state index contributed by atoms with van der Waals surface area (Å²) in [5.74, 6) is -0.913. The van der Waals surface area contributed by atoms with Crippen LogP contribution in [0, 0.1) is 11.3 Å². The molecular weight excluding hydrogens is 222 g/mol. The average molecular weight is 235 g/mol. The van der Waals surface area contributed by atoms with E-state index in [9.17, 15) is 15.0 Å². The van der Waals surface area contributed by atoms with E-state index in [1.165, 1.54) is 0 Å². The van der Waals surface area contributed by atoms with E-state index >= 15 is 0 Å². The van der Waals surface area contributed by atoms with Crippen LogP contribution in [-0.4, -0.2) is 29.4 Å². The minimum atomic E-state index is -1.65. The van der Waals surface area contributed by atoms with Gasteiger partial charge in [0.1, 0.15) is 6.10 Å². The number of esters is 1. The Morgan fingerprint density at radius 1 is 1.47 bits per heavy atom. The van der Waals surface area contributed by atoms with Crippen molar-refractivity contribution in [3.8, 4) is 6.07 Å². The number of rotatable bonds is 4. The minimum absolute atomic E-state index is 0.0983. The Morgan fingerprint density at radius 3 is 2.71 bits per heavy atom. The molecule has 0 aliphatic heterocycles. The maximum atomic E-state index is 11.1. The second-order valence-electron chi connectivity index (χ2n) is 3.45. The van der Waals surface area contributed by atoms with Crippen LogP contribution in [0.4, 0.5) is 0 Å². The lowest BCUT2D eigenvalue weighted by Gasteiger charge is -2.18. The molecule has 17 heavy (non-hydrogen) atoms. The first-order valence-corrected chi connectivity index (χ1v) is 5.00. The highest BCUT2D eigenvalue weighted by Crippen LogP contribution is 2.22. The second-order valence-corrected chi connectivity index (χ2v) is 3.45. The fraction of sp³-hybridized carbons (Fsp3) is 0.333. The SMILES string of the molecule is COC(=O)C(O)C(O)c1ccccc1CC#N. The molecule has 5 heteroatoms. The van der Waals surface area contributed by atoms with Crippen LogP contribution in [0.3, 0.4) is 0 Å². The molecule has 0 heterocycles. The van der Waals surface area contributed by atoms with Gasteiger partial charge in [-0.3, -0.25) is 0 Å². The largest absolute Gasteiger partial charge is 0.467 e. The summed E-state index contributed by atoms with van der Waals surface area (Å²) in [7, 11) is 1.12. The Balaban J connectivity index is 2.99. The van der Waals surface area contributed by atoms with Crippen molar-refractivity contribution in [3.63, 3.8) is 0 Å². The zero-order valence-corrected chi connectivity index (χ0v) is 9.33. The van der Waals surface area contributed by atoms with Crippen molar-refractivity contribution in [1.82, 2.24) is 0 Å². The molecule has 0 bridgehead atoms. The molecular formula is C12H13NO4. The summed E-state index contributed by atoms with van der Waals surface area (Å²) in [5.41, 5.74) is 0.928. The van der Waals surface area contributed by atoms with Gasteiger partial charge in [0.25, 0.3) is 0 Å². The van der Waals surface area contributed by atoms with Gasteiger partial charge in [0.15, 0.2) is 6.10 Å². The lowest BCUT2D eigenvalue weighted by atomic mass is 9.97. The molecule has 1 aromatic rings. The van der Waals surface area contributed by atoms with Gasteiger partial charge < -0.3 is 14.9 Å². The van der Waals surface area contributed by atoms with Gasteiger partial charge in [0.2, 0.25) is 0 Å². The molecule has 5 nitrogen and oxygen atoms in total. The van der Waals surface area contributed by atoms with E-state index in [0.717, 1.165) is 7.11 Å². The van der Waals surface area contributed by atoms with Crippen molar-refractivity contribution < 1.29 is 19.7 Å². The van der Waals surface area contributed by atoms with Crippen LogP contribution < -0.4 is 0 Å². The lowest BCUT2D eigenvalue weighted by molar-refractivity contribution is -0.156. The summed E-state index contributed by atoms with van der Waals surface area (Å²) < 4.78 is 4.34. The topological polar surface area (TPSA) is 90.6 Å². The molecule has 0 aliphatic rings. The van der Waals surface area contributed by atoms with Crippen molar-refractivity contribution in [2.45, 2.75) is 18.6 Å². The van der Waals surface area contributed by atoms with Crippen molar-refractivity contribution in [2.75, 3.05) is 7.11 Å². The fourth-order valence-corrected chi connectivity index (χ4v) is 1.49. The summed E-state index contributed by atoms with van der Waals surface area (Å²) in [5, 5.41) is 28.0. The van der Waals surface area contributed by atoms with E-state index in [1.807, 2.05) is 6.07 Å². The molecule has 2 unspecified atom stereocenters. The third kappa shape index (κ3) is 3.03. The fourth-order valence-electron chi connectivity index (χ4n) is 1.49. The molecule has 0 radical (unpaired) electrons. The van der Waals surface area contributed by atoms with Crippen LogP contribution in [-0.2, 0) is 16.0 Å². The predicted molar refractivity (Wildman–Crippen MR) is 58.7 cm³/mol. The van der Waals surface area contributed by atoms with E-state index in [-0.39, 0.29) is 6.42 Å². The molecule has 0 saturated heterocycles. The van der Waals surface area contributed by atoms with Crippen molar-refractivity contribution in [1.29, 1.82) is 5.26 Å². The highest BCUT2D eigenvalue weighted by atomic mass is 16.5.